The van der Waals surface area contributed by atoms with Crippen LogP contribution in [0.25, 0.3) is 0 Å². The molecule has 1 aliphatic carbocycles. The summed E-state index contributed by atoms with van der Waals surface area (Å²) >= 11 is 0. The summed E-state index contributed by atoms with van der Waals surface area (Å²) < 4.78 is 26.3. The molecule has 1 fully saturated rings. The van der Waals surface area contributed by atoms with E-state index in [1.54, 1.807) is 0 Å². The summed E-state index contributed by atoms with van der Waals surface area (Å²) in [5, 5.41) is 3.20. The predicted octanol–water partition coefficient (Wildman–Crippen LogP) is 4.20. The molecule has 0 aliphatic heterocycles. The predicted molar refractivity (Wildman–Crippen MR) is 65.9 cm³/mol. The molecule has 0 bridgehead atoms. The molecule has 0 amide bonds. The Kier molecular flexibility index (Phi) is 3.11. The van der Waals surface area contributed by atoms with Crippen LogP contribution in [-0.4, -0.2) is 6.04 Å². The van der Waals surface area contributed by atoms with Crippen molar-refractivity contribution in [3.05, 3.63) is 29.8 Å². The summed E-state index contributed by atoms with van der Waals surface area (Å²) in [6.07, 6.45) is 2.15. The molecular weight excluding hydrogens is 220 g/mol. The van der Waals surface area contributed by atoms with Gasteiger partial charge in [0.2, 0.25) is 0 Å². The Bertz CT molecular complexity index is 415. The van der Waals surface area contributed by atoms with Gasteiger partial charge in [-0.05, 0) is 36.3 Å². The Hall–Kier alpha value is -1.12. The molecule has 0 saturated heterocycles. The zero-order valence-corrected chi connectivity index (χ0v) is 10.6. The molecule has 0 aromatic heterocycles. The second-order valence-corrected chi connectivity index (χ2v) is 5.92. The summed E-state index contributed by atoms with van der Waals surface area (Å²) in [7, 11) is 0. The topological polar surface area (TPSA) is 12.0 Å². The number of anilines is 1. The Morgan fingerprint density at radius 2 is 1.94 bits per heavy atom. The minimum Gasteiger partial charge on any atom is -0.380 e. The quantitative estimate of drug-likeness (QED) is 0.815. The Balaban J connectivity index is 2.11. The summed E-state index contributed by atoms with van der Waals surface area (Å²) in [5.74, 6) is -0.538. The number of nitrogens with one attached hydrogen (secondary N) is 1. The fourth-order valence-electron chi connectivity index (χ4n) is 2.89. The van der Waals surface area contributed by atoms with Gasteiger partial charge in [-0.2, -0.15) is 0 Å². The van der Waals surface area contributed by atoms with Gasteiger partial charge in [-0.15, -0.1) is 0 Å². The van der Waals surface area contributed by atoms with Gasteiger partial charge in [0.1, 0.15) is 11.6 Å². The molecule has 2 unspecified atom stereocenters. The van der Waals surface area contributed by atoms with E-state index in [-0.39, 0.29) is 6.04 Å². The van der Waals surface area contributed by atoms with Crippen molar-refractivity contribution in [2.45, 2.75) is 39.7 Å². The molecule has 0 spiro atoms. The number of hydrogen-bond donors (Lipinski definition) is 1. The smallest absolute Gasteiger partial charge is 0.149 e. The van der Waals surface area contributed by atoms with Crippen molar-refractivity contribution in [1.82, 2.24) is 0 Å². The van der Waals surface area contributed by atoms with Crippen molar-refractivity contribution in [3.63, 3.8) is 0 Å². The summed E-state index contributed by atoms with van der Waals surface area (Å²) in [6.45, 7) is 6.63. The van der Waals surface area contributed by atoms with Gasteiger partial charge in [0.15, 0.2) is 0 Å². The van der Waals surface area contributed by atoms with Crippen LogP contribution >= 0.6 is 0 Å². The monoisotopic (exact) mass is 239 g/mol. The van der Waals surface area contributed by atoms with Crippen LogP contribution in [0.5, 0.6) is 0 Å². The third-order valence-corrected chi connectivity index (χ3v) is 3.61. The fraction of sp³-hybridized carbons (Fsp3) is 0.571. The second-order valence-electron chi connectivity index (χ2n) is 5.92. The highest BCUT2D eigenvalue weighted by Gasteiger charge is 2.36. The maximum absolute atomic E-state index is 13.5. The van der Waals surface area contributed by atoms with Crippen molar-refractivity contribution in [2.24, 2.45) is 11.3 Å². The first-order valence-electron chi connectivity index (χ1n) is 6.09. The highest BCUT2D eigenvalue weighted by atomic mass is 19.1. The Morgan fingerprint density at radius 1 is 1.24 bits per heavy atom. The summed E-state index contributed by atoms with van der Waals surface area (Å²) in [4.78, 5) is 0. The van der Waals surface area contributed by atoms with Gasteiger partial charge in [0, 0.05) is 12.1 Å². The maximum atomic E-state index is 13.5. The molecule has 2 rings (SSSR count). The largest absolute Gasteiger partial charge is 0.380 e. The zero-order valence-electron chi connectivity index (χ0n) is 10.6. The molecule has 1 aromatic carbocycles. The molecule has 1 aliphatic rings. The van der Waals surface area contributed by atoms with Crippen LogP contribution in [0.2, 0.25) is 0 Å². The van der Waals surface area contributed by atoms with E-state index >= 15 is 0 Å². The lowest BCUT2D eigenvalue weighted by atomic mass is 9.91. The van der Waals surface area contributed by atoms with Crippen LogP contribution in [0, 0.1) is 23.0 Å². The number of benzene rings is 1. The van der Waals surface area contributed by atoms with Crippen molar-refractivity contribution in [3.8, 4) is 0 Å². The van der Waals surface area contributed by atoms with E-state index in [4.69, 9.17) is 0 Å². The summed E-state index contributed by atoms with van der Waals surface area (Å²) in [5.41, 5.74) is 0.703. The molecule has 0 radical (unpaired) electrons. The van der Waals surface area contributed by atoms with Crippen molar-refractivity contribution >= 4 is 5.69 Å². The molecule has 2 atom stereocenters. The van der Waals surface area contributed by atoms with Crippen molar-refractivity contribution in [1.29, 1.82) is 0 Å². The lowest BCUT2D eigenvalue weighted by Crippen LogP contribution is -2.23. The second kappa shape index (κ2) is 4.28. The molecule has 0 heterocycles. The first kappa shape index (κ1) is 12.3. The van der Waals surface area contributed by atoms with Gasteiger partial charge >= 0.3 is 0 Å². The SMILES string of the molecule is CC1CC(C)(C)CC1Nc1ccc(F)cc1F. The first-order chi connectivity index (χ1) is 7.87. The van der Waals surface area contributed by atoms with Crippen LogP contribution in [0.15, 0.2) is 18.2 Å². The Labute approximate surface area is 101 Å². The maximum Gasteiger partial charge on any atom is 0.149 e. The van der Waals surface area contributed by atoms with E-state index in [2.05, 4.69) is 26.1 Å². The standard InChI is InChI=1S/C14H19F2N/c1-9-7-14(2,3)8-13(9)17-12-5-4-10(15)6-11(12)16/h4-6,9,13,17H,7-8H2,1-3H3. The van der Waals surface area contributed by atoms with E-state index in [0.717, 1.165) is 18.9 Å². The fourth-order valence-corrected chi connectivity index (χ4v) is 2.89. The highest BCUT2D eigenvalue weighted by Crippen LogP contribution is 2.42. The lowest BCUT2D eigenvalue weighted by Gasteiger charge is -2.20. The number of halogens is 2. The van der Waals surface area contributed by atoms with Gasteiger partial charge in [0.25, 0.3) is 0 Å². The van der Waals surface area contributed by atoms with E-state index < -0.39 is 11.6 Å². The van der Waals surface area contributed by atoms with E-state index in [1.165, 1.54) is 12.1 Å². The van der Waals surface area contributed by atoms with E-state index in [9.17, 15) is 8.78 Å². The number of rotatable bonds is 2. The number of hydrogen-bond acceptors (Lipinski definition) is 1. The molecule has 1 aromatic rings. The van der Waals surface area contributed by atoms with Gasteiger partial charge in [-0.3, -0.25) is 0 Å². The third kappa shape index (κ3) is 2.76. The van der Waals surface area contributed by atoms with Crippen LogP contribution in [0.1, 0.15) is 33.6 Å². The molecule has 1 nitrogen and oxygen atoms in total. The molecule has 3 heteroatoms. The third-order valence-electron chi connectivity index (χ3n) is 3.61. The zero-order chi connectivity index (χ0) is 12.6. The molecule has 94 valence electrons. The van der Waals surface area contributed by atoms with E-state index in [1.807, 2.05) is 0 Å². The van der Waals surface area contributed by atoms with Crippen LogP contribution in [-0.2, 0) is 0 Å². The van der Waals surface area contributed by atoms with Crippen LogP contribution in [0.4, 0.5) is 14.5 Å². The Morgan fingerprint density at radius 3 is 2.47 bits per heavy atom. The van der Waals surface area contributed by atoms with Crippen LogP contribution in [0.3, 0.4) is 0 Å². The minimum absolute atomic E-state index is 0.268. The van der Waals surface area contributed by atoms with Crippen molar-refractivity contribution < 1.29 is 8.78 Å². The van der Waals surface area contributed by atoms with E-state index in [0.29, 0.717) is 17.0 Å². The van der Waals surface area contributed by atoms with Gasteiger partial charge in [-0.1, -0.05) is 20.8 Å². The molecule has 17 heavy (non-hydrogen) atoms. The average molecular weight is 239 g/mol. The summed E-state index contributed by atoms with van der Waals surface area (Å²) in [6, 6.07) is 3.95. The highest BCUT2D eigenvalue weighted by molar-refractivity contribution is 5.46. The minimum atomic E-state index is -0.534. The van der Waals surface area contributed by atoms with Crippen molar-refractivity contribution in [2.75, 3.05) is 5.32 Å². The first-order valence-corrected chi connectivity index (χ1v) is 6.09. The molecule has 1 saturated carbocycles. The molecule has 1 N–H and O–H groups in total. The van der Waals surface area contributed by atoms with Gasteiger partial charge in [-0.25, -0.2) is 8.78 Å². The molecular formula is C14H19F2N. The normalized spacial score (nSPS) is 27.1. The van der Waals surface area contributed by atoms with Gasteiger partial charge < -0.3 is 5.32 Å². The van der Waals surface area contributed by atoms with Crippen LogP contribution < -0.4 is 5.32 Å². The lowest BCUT2D eigenvalue weighted by molar-refractivity contribution is 0.366. The average Bonchev–Trinajstić information content (AvgIpc) is 2.44. The van der Waals surface area contributed by atoms with Gasteiger partial charge in [0.05, 0.1) is 5.69 Å².